The van der Waals surface area contributed by atoms with Gasteiger partial charge in [0.2, 0.25) is 0 Å². The number of hydrogen-bond acceptors (Lipinski definition) is 5. The second kappa shape index (κ2) is 13.1. The fraction of sp³-hybridized carbons (Fsp3) is 0.194. The Morgan fingerprint density at radius 1 is 0.895 bits per heavy atom. The van der Waals surface area contributed by atoms with Crippen LogP contribution in [-0.2, 0) is 6.42 Å². The number of hydrogen-bond donors (Lipinski definition) is 2. The second-order valence-corrected chi connectivity index (χ2v) is 8.75. The molecule has 4 rings (SSSR count). The number of carbonyl (C=O) groups excluding carboxylic acids is 1. The summed E-state index contributed by atoms with van der Waals surface area (Å²) in [5, 5.41) is 11.7. The summed E-state index contributed by atoms with van der Waals surface area (Å²) in [4.78, 5) is 28.0. The van der Waals surface area contributed by atoms with Crippen molar-refractivity contribution in [1.82, 2.24) is 10.3 Å². The third-order valence-corrected chi connectivity index (χ3v) is 6.02. The standard InChI is InChI=1S/C31H30N2O5/c1-2-3-19-37-29-15-12-25(26-5-4-17-32-21-26)20-28(29)30(34)33-18-16-22-6-8-23(9-7-22)24-10-13-27(14-11-24)38-31(35)36/h4-15,17,20-21H,2-3,16,18-19H2,1H3,(H,33,34)(H,35,36). The molecule has 7 heteroatoms. The summed E-state index contributed by atoms with van der Waals surface area (Å²) in [6.45, 7) is 3.14. The summed E-state index contributed by atoms with van der Waals surface area (Å²) in [5.41, 5.74) is 5.39. The molecule has 7 nitrogen and oxygen atoms in total. The molecule has 0 aliphatic carbocycles. The van der Waals surface area contributed by atoms with E-state index in [2.05, 4.69) is 22.0 Å². The Bertz CT molecular complexity index is 1350. The Kier molecular flexibility index (Phi) is 9.07. The second-order valence-electron chi connectivity index (χ2n) is 8.75. The van der Waals surface area contributed by atoms with E-state index in [4.69, 9.17) is 9.84 Å². The number of carboxylic acid groups (broad SMARTS) is 1. The summed E-state index contributed by atoms with van der Waals surface area (Å²) in [5.74, 6) is 0.675. The van der Waals surface area contributed by atoms with Gasteiger partial charge in [0, 0.05) is 24.5 Å². The normalized spacial score (nSPS) is 10.6. The maximum Gasteiger partial charge on any atom is 0.511 e. The van der Waals surface area contributed by atoms with Gasteiger partial charge in [-0.05, 0) is 65.4 Å². The predicted octanol–water partition coefficient (Wildman–Crippen LogP) is 6.62. The quantitative estimate of drug-likeness (QED) is 0.134. The van der Waals surface area contributed by atoms with E-state index in [9.17, 15) is 9.59 Å². The van der Waals surface area contributed by atoms with Crippen molar-refractivity contribution in [2.24, 2.45) is 0 Å². The molecule has 2 N–H and O–H groups in total. The van der Waals surface area contributed by atoms with Crippen LogP contribution < -0.4 is 14.8 Å². The van der Waals surface area contributed by atoms with E-state index in [1.54, 1.807) is 24.5 Å². The van der Waals surface area contributed by atoms with Crippen molar-refractivity contribution in [2.75, 3.05) is 13.2 Å². The number of amides is 1. The first-order chi connectivity index (χ1) is 18.5. The SMILES string of the molecule is CCCCOc1ccc(-c2cccnc2)cc1C(=O)NCCc1ccc(-c2ccc(OC(=O)O)cc2)cc1. The lowest BCUT2D eigenvalue weighted by atomic mass is 10.0. The molecule has 0 aliphatic heterocycles. The highest BCUT2D eigenvalue weighted by Gasteiger charge is 2.14. The van der Waals surface area contributed by atoms with Gasteiger partial charge in [-0.25, -0.2) is 4.79 Å². The summed E-state index contributed by atoms with van der Waals surface area (Å²) in [6.07, 6.45) is 4.76. The lowest BCUT2D eigenvalue weighted by molar-refractivity contribution is 0.0949. The largest absolute Gasteiger partial charge is 0.511 e. The number of aromatic nitrogens is 1. The average Bonchev–Trinajstić information content (AvgIpc) is 2.94. The Morgan fingerprint density at radius 2 is 1.61 bits per heavy atom. The van der Waals surface area contributed by atoms with Crippen molar-refractivity contribution < 1.29 is 24.2 Å². The van der Waals surface area contributed by atoms with Crippen LogP contribution in [0.15, 0.2) is 91.3 Å². The van der Waals surface area contributed by atoms with E-state index in [1.165, 1.54) is 0 Å². The molecule has 1 amide bonds. The van der Waals surface area contributed by atoms with Gasteiger partial charge in [-0.1, -0.05) is 61.9 Å². The van der Waals surface area contributed by atoms with Gasteiger partial charge in [0.15, 0.2) is 0 Å². The van der Waals surface area contributed by atoms with Crippen molar-refractivity contribution in [1.29, 1.82) is 0 Å². The van der Waals surface area contributed by atoms with E-state index in [1.807, 2.05) is 66.7 Å². The van der Waals surface area contributed by atoms with Crippen LogP contribution in [0.2, 0.25) is 0 Å². The van der Waals surface area contributed by atoms with Crippen molar-refractivity contribution >= 4 is 12.1 Å². The van der Waals surface area contributed by atoms with Crippen LogP contribution in [0.3, 0.4) is 0 Å². The molecule has 4 aromatic rings. The number of nitrogens with one attached hydrogen (secondary N) is 1. The molecular weight excluding hydrogens is 480 g/mol. The van der Waals surface area contributed by atoms with Gasteiger partial charge in [0.1, 0.15) is 11.5 Å². The Hall–Kier alpha value is -4.65. The third kappa shape index (κ3) is 7.20. The number of pyridine rings is 1. The summed E-state index contributed by atoms with van der Waals surface area (Å²) in [7, 11) is 0. The van der Waals surface area contributed by atoms with Gasteiger partial charge in [-0.15, -0.1) is 0 Å². The predicted molar refractivity (Wildman–Crippen MR) is 147 cm³/mol. The minimum Gasteiger partial charge on any atom is -0.493 e. The number of benzene rings is 3. The lowest BCUT2D eigenvalue weighted by Crippen LogP contribution is -2.26. The molecule has 1 heterocycles. The van der Waals surface area contributed by atoms with Gasteiger partial charge in [-0.3, -0.25) is 9.78 Å². The fourth-order valence-corrected chi connectivity index (χ4v) is 3.97. The first-order valence-corrected chi connectivity index (χ1v) is 12.6. The van der Waals surface area contributed by atoms with Crippen LogP contribution in [0, 0.1) is 0 Å². The molecule has 38 heavy (non-hydrogen) atoms. The van der Waals surface area contributed by atoms with Crippen molar-refractivity contribution in [3.8, 4) is 33.8 Å². The van der Waals surface area contributed by atoms with Gasteiger partial charge < -0.3 is 19.9 Å². The molecule has 0 unspecified atom stereocenters. The zero-order valence-electron chi connectivity index (χ0n) is 21.2. The summed E-state index contributed by atoms with van der Waals surface area (Å²) >= 11 is 0. The van der Waals surface area contributed by atoms with Crippen LogP contribution in [0.25, 0.3) is 22.3 Å². The molecule has 0 saturated carbocycles. The van der Waals surface area contributed by atoms with Crippen LogP contribution in [0.1, 0.15) is 35.7 Å². The van der Waals surface area contributed by atoms with E-state index in [0.717, 1.165) is 40.7 Å². The maximum atomic E-state index is 13.2. The minimum absolute atomic E-state index is 0.178. The first kappa shape index (κ1) is 26.4. The monoisotopic (exact) mass is 510 g/mol. The molecule has 0 fully saturated rings. The topological polar surface area (TPSA) is 97.8 Å². The molecule has 194 valence electrons. The third-order valence-electron chi connectivity index (χ3n) is 6.02. The number of nitrogens with zero attached hydrogens (tertiary/aromatic N) is 1. The van der Waals surface area contributed by atoms with Crippen LogP contribution in [0.5, 0.6) is 11.5 Å². The Morgan fingerprint density at radius 3 is 2.26 bits per heavy atom. The summed E-state index contributed by atoms with van der Waals surface area (Å²) in [6, 6.07) is 24.4. The van der Waals surface area contributed by atoms with Crippen LogP contribution in [-0.4, -0.2) is 35.3 Å². The molecule has 0 bridgehead atoms. The Labute approximate surface area is 222 Å². The van der Waals surface area contributed by atoms with Gasteiger partial charge >= 0.3 is 6.16 Å². The molecule has 0 aliphatic rings. The van der Waals surface area contributed by atoms with E-state index < -0.39 is 6.16 Å². The molecule has 3 aromatic carbocycles. The first-order valence-electron chi connectivity index (χ1n) is 12.6. The van der Waals surface area contributed by atoms with Crippen molar-refractivity contribution in [2.45, 2.75) is 26.2 Å². The Balaban J connectivity index is 1.39. The molecule has 1 aromatic heterocycles. The number of ether oxygens (including phenoxy) is 2. The summed E-state index contributed by atoms with van der Waals surface area (Å²) < 4.78 is 10.6. The van der Waals surface area contributed by atoms with Crippen molar-refractivity contribution in [3.05, 3.63) is 102 Å². The highest BCUT2D eigenvalue weighted by atomic mass is 16.7. The van der Waals surface area contributed by atoms with E-state index >= 15 is 0 Å². The lowest BCUT2D eigenvalue weighted by Gasteiger charge is -2.14. The average molecular weight is 511 g/mol. The van der Waals surface area contributed by atoms with E-state index in [0.29, 0.717) is 30.9 Å². The number of carbonyl (C=O) groups is 2. The van der Waals surface area contributed by atoms with Crippen LogP contribution in [0.4, 0.5) is 4.79 Å². The molecule has 0 radical (unpaired) electrons. The van der Waals surface area contributed by atoms with Gasteiger partial charge in [0.05, 0.1) is 12.2 Å². The fourth-order valence-electron chi connectivity index (χ4n) is 3.97. The number of rotatable bonds is 11. The zero-order chi connectivity index (χ0) is 26.7. The maximum absolute atomic E-state index is 13.2. The highest BCUT2D eigenvalue weighted by Crippen LogP contribution is 2.27. The van der Waals surface area contributed by atoms with Gasteiger partial charge in [0.25, 0.3) is 5.91 Å². The minimum atomic E-state index is -1.34. The smallest absolute Gasteiger partial charge is 0.493 e. The van der Waals surface area contributed by atoms with E-state index in [-0.39, 0.29) is 11.7 Å². The van der Waals surface area contributed by atoms with Gasteiger partial charge in [-0.2, -0.15) is 0 Å². The molecule has 0 atom stereocenters. The molecule has 0 saturated heterocycles. The molecule has 0 spiro atoms. The highest BCUT2D eigenvalue weighted by molar-refractivity contribution is 5.98. The van der Waals surface area contributed by atoms with Crippen molar-refractivity contribution in [3.63, 3.8) is 0 Å². The zero-order valence-corrected chi connectivity index (χ0v) is 21.2. The van der Waals surface area contributed by atoms with Crippen LogP contribution >= 0.6 is 0 Å². The molecular formula is C31H30N2O5. The number of unbranched alkanes of at least 4 members (excludes halogenated alkanes) is 1.